The zero-order chi connectivity index (χ0) is 24.8. The lowest BCUT2D eigenvalue weighted by Crippen LogP contribution is -2.09. The molecule has 0 aliphatic rings. The second kappa shape index (κ2) is 10.9. The second-order valence-corrected chi connectivity index (χ2v) is 8.92. The fraction of sp³-hybridized carbons (Fsp3) is 0.194. The summed E-state index contributed by atoms with van der Waals surface area (Å²) in [6, 6.07) is 31.7. The number of carbonyl (C=O) groups is 1. The van der Waals surface area contributed by atoms with Crippen LogP contribution in [-0.2, 0) is 6.42 Å². The summed E-state index contributed by atoms with van der Waals surface area (Å²) >= 11 is 0. The minimum absolute atomic E-state index is 0.0280. The van der Waals surface area contributed by atoms with Gasteiger partial charge in [0.2, 0.25) is 0 Å². The number of benzene rings is 4. The Hall–Kier alpha value is -4.05. The van der Waals surface area contributed by atoms with Gasteiger partial charge in [0, 0.05) is 12.3 Å². The van der Waals surface area contributed by atoms with Crippen LogP contribution in [0.1, 0.15) is 63.4 Å². The van der Waals surface area contributed by atoms with Crippen molar-refractivity contribution in [3.05, 3.63) is 130 Å². The van der Waals surface area contributed by atoms with Crippen molar-refractivity contribution < 1.29 is 19.7 Å². The highest BCUT2D eigenvalue weighted by molar-refractivity contribution is 5.91. The van der Waals surface area contributed by atoms with Gasteiger partial charge in [0.25, 0.3) is 0 Å². The minimum atomic E-state index is -1.14. The van der Waals surface area contributed by atoms with E-state index in [4.69, 9.17) is 4.74 Å². The molecule has 0 spiro atoms. The number of rotatable bonds is 9. The quantitative estimate of drug-likeness (QED) is 0.278. The van der Waals surface area contributed by atoms with E-state index >= 15 is 0 Å². The Bertz CT molecular complexity index is 1260. The van der Waals surface area contributed by atoms with Gasteiger partial charge in [-0.3, -0.25) is 0 Å². The van der Waals surface area contributed by atoms with Gasteiger partial charge in [-0.25, -0.2) is 4.79 Å². The van der Waals surface area contributed by atoms with Gasteiger partial charge in [0.05, 0.1) is 7.11 Å². The number of ether oxygens (including phenoxy) is 1. The molecule has 2 N–H and O–H groups in total. The van der Waals surface area contributed by atoms with Gasteiger partial charge in [-0.05, 0) is 58.4 Å². The lowest BCUT2D eigenvalue weighted by atomic mass is 9.80. The Morgan fingerprint density at radius 1 is 0.829 bits per heavy atom. The van der Waals surface area contributed by atoms with E-state index in [-0.39, 0.29) is 23.1 Å². The molecule has 0 fully saturated rings. The van der Waals surface area contributed by atoms with E-state index in [2.05, 4.69) is 31.2 Å². The molecule has 178 valence electrons. The second-order valence-electron chi connectivity index (χ2n) is 8.92. The van der Waals surface area contributed by atoms with E-state index in [1.807, 2.05) is 66.7 Å². The zero-order valence-electron chi connectivity index (χ0n) is 20.0. The molecule has 0 aliphatic heterocycles. The summed E-state index contributed by atoms with van der Waals surface area (Å²) in [6.45, 7) is 2.20. The Morgan fingerprint density at radius 3 is 2.00 bits per heavy atom. The zero-order valence-corrected chi connectivity index (χ0v) is 20.0. The number of phenols is 1. The van der Waals surface area contributed by atoms with Gasteiger partial charge in [-0.2, -0.15) is 0 Å². The molecule has 0 aromatic heterocycles. The molecule has 0 bridgehead atoms. The monoisotopic (exact) mass is 466 g/mol. The molecule has 0 saturated carbocycles. The van der Waals surface area contributed by atoms with Crippen molar-refractivity contribution in [3.8, 4) is 11.5 Å². The van der Waals surface area contributed by atoms with Crippen molar-refractivity contribution in [2.75, 3.05) is 7.11 Å². The first-order valence-electron chi connectivity index (χ1n) is 11.8. The van der Waals surface area contributed by atoms with E-state index in [0.29, 0.717) is 12.0 Å². The third kappa shape index (κ3) is 5.72. The van der Waals surface area contributed by atoms with Gasteiger partial charge >= 0.3 is 5.97 Å². The summed E-state index contributed by atoms with van der Waals surface area (Å²) in [5.74, 6) is -0.339. The van der Waals surface area contributed by atoms with Crippen LogP contribution < -0.4 is 4.74 Å². The summed E-state index contributed by atoms with van der Waals surface area (Å²) in [7, 11) is 1.61. The molecule has 2 atom stereocenters. The molecule has 35 heavy (non-hydrogen) atoms. The number of hydrogen-bond donors (Lipinski definition) is 2. The predicted molar refractivity (Wildman–Crippen MR) is 139 cm³/mol. The SMILES string of the molecule is COc1ccc(Cc2cc(C(CC(C)c3ccccc3)c3ccccc3)cc(C(=O)O)c2O)cc1. The predicted octanol–water partition coefficient (Wildman–Crippen LogP) is 7.02. The average Bonchev–Trinajstić information content (AvgIpc) is 2.89. The first-order chi connectivity index (χ1) is 17.0. The standard InChI is InChI=1S/C31H30O4/c1-21(23-9-5-3-6-10-23)17-28(24-11-7-4-8-12-24)25-19-26(30(32)29(20-25)31(33)34)18-22-13-15-27(35-2)16-14-22/h3-16,19-21,28,32H,17-18H2,1-2H3,(H,33,34). The molecular formula is C31H30O4. The molecule has 4 heteroatoms. The molecule has 4 nitrogen and oxygen atoms in total. The Kier molecular flexibility index (Phi) is 7.51. The van der Waals surface area contributed by atoms with Crippen molar-refractivity contribution in [3.63, 3.8) is 0 Å². The van der Waals surface area contributed by atoms with Crippen LogP contribution >= 0.6 is 0 Å². The highest BCUT2D eigenvalue weighted by Crippen LogP contribution is 2.38. The number of methoxy groups -OCH3 is 1. The fourth-order valence-electron chi connectivity index (χ4n) is 4.60. The van der Waals surface area contributed by atoms with Gasteiger partial charge in [-0.1, -0.05) is 85.8 Å². The van der Waals surface area contributed by atoms with Crippen molar-refractivity contribution >= 4 is 5.97 Å². The molecule has 0 amide bonds. The van der Waals surface area contributed by atoms with E-state index in [9.17, 15) is 15.0 Å². The number of aromatic carboxylic acids is 1. The maximum absolute atomic E-state index is 12.1. The maximum atomic E-state index is 12.1. The molecule has 0 saturated heterocycles. The topological polar surface area (TPSA) is 66.8 Å². The molecule has 2 unspecified atom stereocenters. The number of carboxylic acid groups (broad SMARTS) is 1. The number of hydrogen-bond acceptors (Lipinski definition) is 3. The van der Waals surface area contributed by atoms with E-state index in [1.165, 1.54) is 5.56 Å². The first kappa shape index (κ1) is 24.1. The lowest BCUT2D eigenvalue weighted by Gasteiger charge is -2.24. The van der Waals surface area contributed by atoms with Crippen LogP contribution in [0.3, 0.4) is 0 Å². The highest BCUT2D eigenvalue weighted by atomic mass is 16.5. The number of carboxylic acids is 1. The van der Waals surface area contributed by atoms with E-state index < -0.39 is 5.97 Å². The Labute approximate surface area is 206 Å². The van der Waals surface area contributed by atoms with E-state index in [0.717, 1.165) is 28.9 Å². The summed E-state index contributed by atoms with van der Waals surface area (Å²) in [4.78, 5) is 12.1. The smallest absolute Gasteiger partial charge is 0.339 e. The van der Waals surface area contributed by atoms with Crippen LogP contribution in [0.15, 0.2) is 97.1 Å². The highest BCUT2D eigenvalue weighted by Gasteiger charge is 2.23. The molecule has 0 radical (unpaired) electrons. The van der Waals surface area contributed by atoms with Crippen molar-refractivity contribution in [2.24, 2.45) is 0 Å². The van der Waals surface area contributed by atoms with Gasteiger partial charge in [-0.15, -0.1) is 0 Å². The largest absolute Gasteiger partial charge is 0.507 e. The summed E-state index contributed by atoms with van der Waals surface area (Å²) in [6.07, 6.45) is 1.22. The van der Waals surface area contributed by atoms with Crippen molar-refractivity contribution in [1.29, 1.82) is 0 Å². The van der Waals surface area contributed by atoms with Crippen LogP contribution in [0.2, 0.25) is 0 Å². The fourth-order valence-corrected chi connectivity index (χ4v) is 4.60. The molecule has 0 aliphatic carbocycles. The normalized spacial score (nSPS) is 12.6. The molecule has 4 rings (SSSR count). The van der Waals surface area contributed by atoms with Crippen LogP contribution in [-0.4, -0.2) is 23.3 Å². The van der Waals surface area contributed by atoms with Crippen LogP contribution in [0.4, 0.5) is 0 Å². The van der Waals surface area contributed by atoms with Gasteiger partial charge in [0.15, 0.2) is 0 Å². The third-order valence-corrected chi connectivity index (χ3v) is 6.56. The summed E-state index contributed by atoms with van der Waals surface area (Å²) < 4.78 is 5.24. The van der Waals surface area contributed by atoms with Crippen LogP contribution in [0, 0.1) is 0 Å². The summed E-state index contributed by atoms with van der Waals surface area (Å²) in [5, 5.41) is 20.7. The Morgan fingerprint density at radius 2 is 1.43 bits per heavy atom. The average molecular weight is 467 g/mol. The van der Waals surface area contributed by atoms with E-state index in [1.54, 1.807) is 13.2 Å². The van der Waals surface area contributed by atoms with Gasteiger partial charge < -0.3 is 14.9 Å². The van der Waals surface area contributed by atoms with Crippen LogP contribution in [0.25, 0.3) is 0 Å². The lowest BCUT2D eigenvalue weighted by molar-refractivity contribution is 0.0693. The maximum Gasteiger partial charge on any atom is 0.339 e. The summed E-state index contributed by atoms with van der Waals surface area (Å²) in [5.41, 5.74) is 4.73. The third-order valence-electron chi connectivity index (χ3n) is 6.56. The van der Waals surface area contributed by atoms with Crippen LogP contribution in [0.5, 0.6) is 11.5 Å². The van der Waals surface area contributed by atoms with Crippen molar-refractivity contribution in [1.82, 2.24) is 0 Å². The molecule has 0 heterocycles. The van der Waals surface area contributed by atoms with Gasteiger partial charge in [0.1, 0.15) is 17.1 Å². The minimum Gasteiger partial charge on any atom is -0.507 e. The Balaban J connectivity index is 1.77. The molecule has 4 aromatic carbocycles. The molecular weight excluding hydrogens is 436 g/mol. The first-order valence-corrected chi connectivity index (χ1v) is 11.8. The molecule has 4 aromatic rings. The van der Waals surface area contributed by atoms with Crippen molar-refractivity contribution in [2.45, 2.75) is 31.6 Å². The number of aromatic hydroxyl groups is 1.